The molecular formula is C20H32N2O2. The van der Waals surface area contributed by atoms with E-state index in [1.165, 1.54) is 19.3 Å². The van der Waals surface area contributed by atoms with E-state index in [4.69, 9.17) is 10.5 Å². The van der Waals surface area contributed by atoms with E-state index in [1.807, 2.05) is 31.2 Å². The average molecular weight is 332 g/mol. The fraction of sp³-hybridized carbons (Fsp3) is 0.650. The summed E-state index contributed by atoms with van der Waals surface area (Å²) in [5.41, 5.74) is 6.98. The lowest BCUT2D eigenvalue weighted by Gasteiger charge is -2.38. The van der Waals surface area contributed by atoms with Crippen LogP contribution in [0.3, 0.4) is 0 Å². The summed E-state index contributed by atoms with van der Waals surface area (Å²) < 4.78 is 5.88. The van der Waals surface area contributed by atoms with E-state index in [1.54, 1.807) is 0 Å². The van der Waals surface area contributed by atoms with Crippen molar-refractivity contribution >= 4 is 5.91 Å². The third kappa shape index (κ3) is 5.23. The lowest BCUT2D eigenvalue weighted by atomic mass is 9.70. The normalized spacial score (nSPS) is 21.0. The van der Waals surface area contributed by atoms with Crippen LogP contribution in [-0.4, -0.2) is 25.1 Å². The van der Waals surface area contributed by atoms with Gasteiger partial charge in [-0.2, -0.15) is 0 Å². The van der Waals surface area contributed by atoms with Gasteiger partial charge in [0.05, 0.1) is 12.5 Å². The molecule has 4 heteroatoms. The van der Waals surface area contributed by atoms with Gasteiger partial charge in [-0.3, -0.25) is 4.79 Å². The molecule has 1 aliphatic carbocycles. The quantitative estimate of drug-likeness (QED) is 0.643. The van der Waals surface area contributed by atoms with E-state index >= 15 is 0 Å². The van der Waals surface area contributed by atoms with Gasteiger partial charge in [-0.25, -0.2) is 0 Å². The van der Waals surface area contributed by atoms with Crippen LogP contribution in [0.2, 0.25) is 0 Å². The number of carbonyl (C=O) groups excluding carboxylic acids is 1. The highest BCUT2D eigenvalue weighted by molar-refractivity contribution is 5.84. The monoisotopic (exact) mass is 332 g/mol. The van der Waals surface area contributed by atoms with Crippen LogP contribution < -0.4 is 15.8 Å². The minimum absolute atomic E-state index is 0.106. The van der Waals surface area contributed by atoms with Crippen molar-refractivity contribution in [2.24, 2.45) is 11.7 Å². The minimum atomic E-state index is -0.117. The smallest absolute Gasteiger partial charge is 0.227 e. The molecule has 1 amide bonds. The average Bonchev–Trinajstić information content (AvgIpc) is 2.54. The predicted molar refractivity (Wildman–Crippen MR) is 98.2 cm³/mol. The second kappa shape index (κ2) is 9.67. The first-order chi connectivity index (χ1) is 11.7. The van der Waals surface area contributed by atoms with Crippen molar-refractivity contribution in [1.29, 1.82) is 0 Å². The Morgan fingerprint density at radius 3 is 2.75 bits per heavy atom. The number of likely N-dealkylation sites (N-methyl/N-ethyl adjacent to an activating group) is 1. The number of ether oxygens (including phenoxy) is 1. The van der Waals surface area contributed by atoms with Gasteiger partial charge in [-0.15, -0.1) is 0 Å². The molecule has 4 nitrogen and oxygen atoms in total. The Labute approximate surface area is 146 Å². The Hall–Kier alpha value is -1.55. The fourth-order valence-corrected chi connectivity index (χ4v) is 3.42. The second-order valence-electron chi connectivity index (χ2n) is 6.85. The highest BCUT2D eigenvalue weighted by Crippen LogP contribution is 2.39. The van der Waals surface area contributed by atoms with E-state index in [-0.39, 0.29) is 17.9 Å². The standard InChI is InChI=1S/C20H32N2O2/c1-3-5-6-7-11-24-18-10-8-9-15(14-18)19(20(23)22-4-2)16-12-17(21)13-16/h8-10,14,16-17,19H,3-7,11-13,21H2,1-2H3,(H,22,23)/t16-,17-,19?. The van der Waals surface area contributed by atoms with Gasteiger partial charge in [0.15, 0.2) is 0 Å². The Kier molecular flexibility index (Phi) is 7.57. The van der Waals surface area contributed by atoms with Crippen LogP contribution in [0.25, 0.3) is 0 Å². The molecule has 0 radical (unpaired) electrons. The highest BCUT2D eigenvalue weighted by atomic mass is 16.5. The molecule has 2 rings (SSSR count). The van der Waals surface area contributed by atoms with Gasteiger partial charge < -0.3 is 15.8 Å². The van der Waals surface area contributed by atoms with E-state index < -0.39 is 0 Å². The molecule has 1 aromatic carbocycles. The molecule has 1 aliphatic rings. The summed E-state index contributed by atoms with van der Waals surface area (Å²) >= 11 is 0. The van der Waals surface area contributed by atoms with Gasteiger partial charge in [0.25, 0.3) is 0 Å². The maximum absolute atomic E-state index is 12.5. The molecule has 0 saturated heterocycles. The lowest BCUT2D eigenvalue weighted by molar-refractivity contribution is -0.124. The molecule has 0 aliphatic heterocycles. The number of rotatable bonds is 10. The van der Waals surface area contributed by atoms with Crippen molar-refractivity contribution < 1.29 is 9.53 Å². The van der Waals surface area contributed by atoms with Gasteiger partial charge in [0.2, 0.25) is 5.91 Å². The molecule has 1 saturated carbocycles. The maximum Gasteiger partial charge on any atom is 0.227 e. The molecule has 0 aromatic heterocycles. The summed E-state index contributed by atoms with van der Waals surface area (Å²) in [7, 11) is 0. The summed E-state index contributed by atoms with van der Waals surface area (Å²) in [5, 5.41) is 2.97. The van der Waals surface area contributed by atoms with Crippen LogP contribution in [0.4, 0.5) is 0 Å². The summed E-state index contributed by atoms with van der Waals surface area (Å²) in [6, 6.07) is 8.27. The number of nitrogens with two attached hydrogens (primary N) is 1. The Morgan fingerprint density at radius 2 is 2.08 bits per heavy atom. The van der Waals surface area contributed by atoms with Crippen molar-refractivity contribution in [3.63, 3.8) is 0 Å². The molecule has 1 aromatic rings. The van der Waals surface area contributed by atoms with E-state index in [0.717, 1.165) is 37.2 Å². The van der Waals surface area contributed by atoms with Crippen molar-refractivity contribution in [1.82, 2.24) is 5.32 Å². The zero-order valence-electron chi connectivity index (χ0n) is 15.1. The SMILES string of the molecule is CCCCCCOc1cccc(C(C(=O)NCC)[C@H]2C[C@H](N)C2)c1. The molecule has 1 atom stereocenters. The van der Waals surface area contributed by atoms with Crippen LogP contribution in [0.15, 0.2) is 24.3 Å². The summed E-state index contributed by atoms with van der Waals surface area (Å²) in [4.78, 5) is 12.5. The molecule has 1 unspecified atom stereocenters. The maximum atomic E-state index is 12.5. The number of carbonyl (C=O) groups is 1. The van der Waals surface area contributed by atoms with Crippen LogP contribution in [0.5, 0.6) is 5.75 Å². The zero-order valence-corrected chi connectivity index (χ0v) is 15.1. The first kappa shape index (κ1) is 18.8. The van der Waals surface area contributed by atoms with Crippen molar-refractivity contribution in [2.45, 2.75) is 64.3 Å². The second-order valence-corrected chi connectivity index (χ2v) is 6.85. The Balaban J connectivity index is 2.01. The summed E-state index contributed by atoms with van der Waals surface area (Å²) in [6.07, 6.45) is 6.61. The molecule has 3 N–H and O–H groups in total. The number of benzene rings is 1. The molecule has 0 bridgehead atoms. The van der Waals surface area contributed by atoms with Crippen LogP contribution in [-0.2, 0) is 4.79 Å². The summed E-state index contributed by atoms with van der Waals surface area (Å²) in [5.74, 6) is 1.19. The van der Waals surface area contributed by atoms with Gasteiger partial charge >= 0.3 is 0 Å². The number of hydrogen-bond donors (Lipinski definition) is 2. The molecule has 134 valence electrons. The van der Waals surface area contributed by atoms with Crippen molar-refractivity contribution in [2.75, 3.05) is 13.2 Å². The topological polar surface area (TPSA) is 64.3 Å². The first-order valence-corrected chi connectivity index (χ1v) is 9.41. The lowest BCUT2D eigenvalue weighted by Crippen LogP contribution is -2.44. The van der Waals surface area contributed by atoms with Crippen LogP contribution >= 0.6 is 0 Å². The molecular weight excluding hydrogens is 300 g/mol. The first-order valence-electron chi connectivity index (χ1n) is 9.41. The van der Waals surface area contributed by atoms with Gasteiger partial charge in [0, 0.05) is 12.6 Å². The van der Waals surface area contributed by atoms with E-state index in [2.05, 4.69) is 12.2 Å². The van der Waals surface area contributed by atoms with Gasteiger partial charge in [0.1, 0.15) is 5.75 Å². The molecule has 1 fully saturated rings. The Morgan fingerprint density at radius 1 is 1.29 bits per heavy atom. The number of amides is 1. The number of hydrogen-bond acceptors (Lipinski definition) is 3. The minimum Gasteiger partial charge on any atom is -0.494 e. The summed E-state index contributed by atoms with van der Waals surface area (Å²) in [6.45, 7) is 5.56. The highest BCUT2D eigenvalue weighted by Gasteiger charge is 2.37. The molecule has 24 heavy (non-hydrogen) atoms. The van der Waals surface area contributed by atoms with Gasteiger partial charge in [-0.05, 0) is 49.8 Å². The third-order valence-corrected chi connectivity index (χ3v) is 4.80. The predicted octanol–water partition coefficient (Wildman–Crippen LogP) is 3.60. The van der Waals surface area contributed by atoms with Crippen molar-refractivity contribution in [3.8, 4) is 5.75 Å². The molecule has 0 heterocycles. The number of unbranched alkanes of at least 4 members (excludes halogenated alkanes) is 3. The molecule has 0 spiro atoms. The number of nitrogens with one attached hydrogen (secondary N) is 1. The largest absolute Gasteiger partial charge is 0.494 e. The van der Waals surface area contributed by atoms with Crippen molar-refractivity contribution in [3.05, 3.63) is 29.8 Å². The van der Waals surface area contributed by atoms with E-state index in [0.29, 0.717) is 12.5 Å². The Bertz CT molecular complexity index is 512. The third-order valence-electron chi connectivity index (χ3n) is 4.80. The van der Waals surface area contributed by atoms with Crippen LogP contribution in [0.1, 0.15) is 63.9 Å². The van der Waals surface area contributed by atoms with E-state index in [9.17, 15) is 4.79 Å². The van der Waals surface area contributed by atoms with Gasteiger partial charge in [-0.1, -0.05) is 38.3 Å². The van der Waals surface area contributed by atoms with Crippen LogP contribution in [0, 0.1) is 5.92 Å². The fourth-order valence-electron chi connectivity index (χ4n) is 3.42. The zero-order chi connectivity index (χ0) is 17.4.